The maximum absolute atomic E-state index is 9.24. The van der Waals surface area contributed by atoms with E-state index in [1.807, 2.05) is 0 Å². The third-order valence-electron chi connectivity index (χ3n) is 1.68. The Kier molecular flexibility index (Phi) is 6.24. The Labute approximate surface area is 80.3 Å². The number of hydrogen-bond acceptors (Lipinski definition) is 3. The quantitative estimate of drug-likeness (QED) is 0.434. The van der Waals surface area contributed by atoms with E-state index >= 15 is 0 Å². The van der Waals surface area contributed by atoms with Crippen LogP contribution < -0.4 is 0 Å². The van der Waals surface area contributed by atoms with E-state index in [9.17, 15) is 5.11 Å². The highest BCUT2D eigenvalue weighted by atomic mass is 16.6. The molecule has 13 heavy (non-hydrogen) atoms. The van der Waals surface area contributed by atoms with Crippen LogP contribution in [0, 0.1) is 0 Å². The predicted molar refractivity (Wildman–Crippen MR) is 51.2 cm³/mol. The number of quaternary nitrogens is 1. The lowest BCUT2D eigenvalue weighted by Crippen LogP contribution is -2.38. The van der Waals surface area contributed by atoms with Gasteiger partial charge in [-0.05, 0) is 6.42 Å². The maximum atomic E-state index is 9.24. The first-order valence-corrected chi connectivity index (χ1v) is 4.66. The van der Waals surface area contributed by atoms with Gasteiger partial charge in [-0.1, -0.05) is 0 Å². The number of hydrogen-bond donors (Lipinski definition) is 2. The van der Waals surface area contributed by atoms with Crippen molar-refractivity contribution >= 4 is 0 Å². The molecular formula is C9H22NO3+. The highest BCUT2D eigenvalue weighted by molar-refractivity contribution is 4.42. The highest BCUT2D eigenvalue weighted by Crippen LogP contribution is 1.99. The molecule has 0 bridgehead atoms. The average Bonchev–Trinajstić information content (AvgIpc) is 1.98. The Bertz CT molecular complexity index is 123. The van der Waals surface area contributed by atoms with Crippen LogP contribution in [0.3, 0.4) is 0 Å². The van der Waals surface area contributed by atoms with Gasteiger partial charge in [-0.3, -0.25) is 0 Å². The second-order valence-corrected chi connectivity index (χ2v) is 4.21. The van der Waals surface area contributed by atoms with Gasteiger partial charge >= 0.3 is 0 Å². The second-order valence-electron chi connectivity index (χ2n) is 4.21. The number of aliphatic hydroxyl groups excluding tert-OH is 2. The van der Waals surface area contributed by atoms with Crippen LogP contribution in [0.5, 0.6) is 0 Å². The van der Waals surface area contributed by atoms with E-state index in [0.717, 1.165) is 11.0 Å². The van der Waals surface area contributed by atoms with Crippen molar-refractivity contribution in [1.82, 2.24) is 0 Å². The minimum Gasteiger partial charge on any atom is -0.396 e. The molecule has 4 nitrogen and oxygen atoms in total. The van der Waals surface area contributed by atoms with E-state index in [0.29, 0.717) is 19.4 Å². The minimum absolute atomic E-state index is 0.107. The van der Waals surface area contributed by atoms with Crippen LogP contribution in [-0.2, 0) is 4.74 Å². The van der Waals surface area contributed by atoms with Crippen LogP contribution in [0.2, 0.25) is 0 Å². The molecule has 0 saturated heterocycles. The van der Waals surface area contributed by atoms with Crippen molar-refractivity contribution in [2.45, 2.75) is 19.1 Å². The van der Waals surface area contributed by atoms with Gasteiger partial charge in [0, 0.05) is 13.0 Å². The molecule has 4 heteroatoms. The van der Waals surface area contributed by atoms with Crippen molar-refractivity contribution in [3.05, 3.63) is 0 Å². The van der Waals surface area contributed by atoms with Crippen molar-refractivity contribution in [1.29, 1.82) is 0 Å². The van der Waals surface area contributed by atoms with Gasteiger partial charge in [0.25, 0.3) is 0 Å². The molecule has 0 heterocycles. The lowest BCUT2D eigenvalue weighted by molar-refractivity contribution is -0.871. The fourth-order valence-corrected chi connectivity index (χ4v) is 0.812. The zero-order chi connectivity index (χ0) is 10.3. The molecule has 0 aromatic rings. The SMILES string of the molecule is C[N+](C)(C)CCOC(O)CCCO. The zero-order valence-electron chi connectivity index (χ0n) is 8.86. The minimum atomic E-state index is -0.723. The molecule has 0 aromatic heterocycles. The van der Waals surface area contributed by atoms with Gasteiger partial charge in [-0.15, -0.1) is 0 Å². The van der Waals surface area contributed by atoms with Crippen LogP contribution in [0.15, 0.2) is 0 Å². The van der Waals surface area contributed by atoms with E-state index in [2.05, 4.69) is 21.1 Å². The summed E-state index contributed by atoms with van der Waals surface area (Å²) in [5, 5.41) is 17.7. The number of aliphatic hydroxyl groups is 2. The zero-order valence-corrected chi connectivity index (χ0v) is 8.86. The van der Waals surface area contributed by atoms with Crippen molar-refractivity contribution in [2.75, 3.05) is 40.9 Å². The molecule has 0 fully saturated rings. The molecule has 0 aliphatic heterocycles. The lowest BCUT2D eigenvalue weighted by Gasteiger charge is -2.24. The van der Waals surface area contributed by atoms with Gasteiger partial charge < -0.3 is 19.4 Å². The van der Waals surface area contributed by atoms with Gasteiger partial charge in [0.2, 0.25) is 0 Å². The fraction of sp³-hybridized carbons (Fsp3) is 1.00. The Morgan fingerprint density at radius 3 is 2.38 bits per heavy atom. The topological polar surface area (TPSA) is 49.7 Å². The summed E-state index contributed by atoms with van der Waals surface area (Å²) in [5.74, 6) is 0. The highest BCUT2D eigenvalue weighted by Gasteiger charge is 2.09. The summed E-state index contributed by atoms with van der Waals surface area (Å²) in [6.07, 6.45) is 0.373. The summed E-state index contributed by atoms with van der Waals surface area (Å²) in [6.45, 7) is 1.53. The van der Waals surface area contributed by atoms with Gasteiger partial charge in [-0.25, -0.2) is 0 Å². The number of rotatable bonds is 7. The van der Waals surface area contributed by atoms with Crippen molar-refractivity contribution in [2.24, 2.45) is 0 Å². The maximum Gasteiger partial charge on any atom is 0.154 e. The van der Waals surface area contributed by atoms with Gasteiger partial charge in [0.1, 0.15) is 6.54 Å². The molecule has 1 atom stereocenters. The third-order valence-corrected chi connectivity index (χ3v) is 1.68. The molecule has 0 amide bonds. The standard InChI is InChI=1S/C9H22NO3/c1-10(2,3)6-8-13-9(12)5-4-7-11/h9,11-12H,4-8H2,1-3H3/q+1. The summed E-state index contributed by atoms with van der Waals surface area (Å²) >= 11 is 0. The first-order valence-electron chi connectivity index (χ1n) is 4.66. The van der Waals surface area contributed by atoms with Crippen molar-refractivity contribution in [3.63, 3.8) is 0 Å². The summed E-state index contributed by atoms with van der Waals surface area (Å²) in [7, 11) is 6.22. The predicted octanol–water partition coefficient (Wildman–Crippen LogP) is -0.200. The largest absolute Gasteiger partial charge is 0.396 e. The number of nitrogens with zero attached hydrogens (tertiary/aromatic N) is 1. The molecule has 1 unspecified atom stereocenters. The van der Waals surface area contributed by atoms with E-state index in [1.54, 1.807) is 0 Å². The Morgan fingerprint density at radius 2 is 1.92 bits per heavy atom. The van der Waals surface area contributed by atoms with Crippen LogP contribution in [0.4, 0.5) is 0 Å². The summed E-state index contributed by atoms with van der Waals surface area (Å²) in [5.41, 5.74) is 0. The number of ether oxygens (including phenoxy) is 1. The molecule has 0 spiro atoms. The van der Waals surface area contributed by atoms with E-state index in [4.69, 9.17) is 9.84 Å². The number of likely N-dealkylation sites (N-methyl/N-ethyl adjacent to an activating group) is 1. The lowest BCUT2D eigenvalue weighted by atomic mass is 10.3. The normalized spacial score (nSPS) is 14.5. The first-order chi connectivity index (χ1) is 5.95. The molecule has 0 radical (unpaired) electrons. The summed E-state index contributed by atoms with van der Waals surface area (Å²) in [6, 6.07) is 0. The van der Waals surface area contributed by atoms with E-state index < -0.39 is 6.29 Å². The van der Waals surface area contributed by atoms with E-state index in [-0.39, 0.29) is 6.61 Å². The van der Waals surface area contributed by atoms with Gasteiger partial charge in [0.15, 0.2) is 6.29 Å². The molecule has 0 saturated carbocycles. The van der Waals surface area contributed by atoms with Crippen molar-refractivity contribution in [3.8, 4) is 0 Å². The Hall–Kier alpha value is -0.160. The Morgan fingerprint density at radius 1 is 1.31 bits per heavy atom. The molecule has 0 aromatic carbocycles. The first kappa shape index (κ1) is 12.8. The van der Waals surface area contributed by atoms with Gasteiger partial charge in [-0.2, -0.15) is 0 Å². The molecule has 80 valence electrons. The molecule has 0 aliphatic rings. The third kappa shape index (κ3) is 9.76. The second kappa shape index (κ2) is 6.32. The van der Waals surface area contributed by atoms with Crippen LogP contribution >= 0.6 is 0 Å². The van der Waals surface area contributed by atoms with Crippen molar-refractivity contribution < 1.29 is 19.4 Å². The molecule has 0 rings (SSSR count). The van der Waals surface area contributed by atoms with Gasteiger partial charge in [0.05, 0.1) is 27.7 Å². The summed E-state index contributed by atoms with van der Waals surface area (Å²) < 4.78 is 5.98. The van der Waals surface area contributed by atoms with Crippen LogP contribution in [0.25, 0.3) is 0 Å². The monoisotopic (exact) mass is 192 g/mol. The molecule has 0 aliphatic carbocycles. The van der Waals surface area contributed by atoms with Crippen LogP contribution in [-0.4, -0.2) is 61.9 Å². The fourth-order valence-electron chi connectivity index (χ4n) is 0.812. The average molecular weight is 192 g/mol. The Balaban J connectivity index is 3.31. The smallest absolute Gasteiger partial charge is 0.154 e. The summed E-state index contributed by atoms with van der Waals surface area (Å²) in [4.78, 5) is 0. The molecule has 2 N–H and O–H groups in total. The molecular weight excluding hydrogens is 170 g/mol. The van der Waals surface area contributed by atoms with Crippen LogP contribution in [0.1, 0.15) is 12.8 Å². The van der Waals surface area contributed by atoms with E-state index in [1.165, 1.54) is 0 Å².